The molecule has 2 unspecified atom stereocenters. The fraction of sp³-hybridized carbons (Fsp3) is 0.300. The Labute approximate surface area is 170 Å². The summed E-state index contributed by atoms with van der Waals surface area (Å²) in [5, 5.41) is 5.33. The molecule has 0 radical (unpaired) electrons. The van der Waals surface area contributed by atoms with Crippen molar-refractivity contribution in [1.29, 1.82) is 0 Å². The van der Waals surface area contributed by atoms with Gasteiger partial charge in [0.1, 0.15) is 0 Å². The largest absolute Gasteiger partial charge is 0.349 e. The van der Waals surface area contributed by atoms with E-state index in [0.717, 1.165) is 16.7 Å². The van der Waals surface area contributed by atoms with Gasteiger partial charge < -0.3 is 10.6 Å². The van der Waals surface area contributed by atoms with Gasteiger partial charge in [-0.3, -0.25) is 9.59 Å². The lowest BCUT2D eigenvalue weighted by atomic mass is 10.1. The molecule has 2 aromatic rings. The van der Waals surface area contributed by atoms with Gasteiger partial charge >= 0.3 is 0 Å². The zero-order valence-corrected chi connectivity index (χ0v) is 17.9. The summed E-state index contributed by atoms with van der Waals surface area (Å²) in [7, 11) is -3.24. The van der Waals surface area contributed by atoms with Gasteiger partial charge in [0.15, 0.2) is 9.84 Å². The number of carbonyl (C=O) groups is 2. The number of hydrogen-bond acceptors (Lipinski definition) is 5. The summed E-state index contributed by atoms with van der Waals surface area (Å²) in [6.07, 6.45) is 1.16. The molecule has 0 saturated heterocycles. The van der Waals surface area contributed by atoms with E-state index < -0.39 is 9.84 Å². The molecule has 6 nitrogen and oxygen atoms in total. The van der Waals surface area contributed by atoms with Crippen LogP contribution in [0.3, 0.4) is 0 Å². The molecule has 0 heterocycles. The number of hydrogen-bond donors (Lipinski definition) is 2. The second kappa shape index (κ2) is 9.25. The maximum Gasteiger partial charge on any atom is 0.233 e. The van der Waals surface area contributed by atoms with Gasteiger partial charge in [-0.15, -0.1) is 11.8 Å². The number of nitrogens with one attached hydrogen (secondary N) is 2. The van der Waals surface area contributed by atoms with E-state index in [-0.39, 0.29) is 28.0 Å². The van der Waals surface area contributed by atoms with E-state index in [9.17, 15) is 18.0 Å². The van der Waals surface area contributed by atoms with E-state index in [1.165, 1.54) is 18.7 Å². The van der Waals surface area contributed by atoms with Crippen LogP contribution < -0.4 is 10.6 Å². The van der Waals surface area contributed by atoms with E-state index >= 15 is 0 Å². The van der Waals surface area contributed by atoms with Crippen LogP contribution in [-0.2, 0) is 19.4 Å². The van der Waals surface area contributed by atoms with Crippen molar-refractivity contribution in [3.63, 3.8) is 0 Å². The normalized spacial score (nSPS) is 13.4. The molecule has 2 atom stereocenters. The monoisotopic (exact) mass is 420 g/mol. The third kappa shape index (κ3) is 6.38. The Morgan fingerprint density at radius 3 is 2.04 bits per heavy atom. The predicted octanol–water partition coefficient (Wildman–Crippen LogP) is 3.41. The highest BCUT2D eigenvalue weighted by atomic mass is 32.2. The van der Waals surface area contributed by atoms with Crippen LogP contribution in [0.5, 0.6) is 0 Å². The molecule has 28 heavy (non-hydrogen) atoms. The number of anilines is 1. The van der Waals surface area contributed by atoms with Crippen molar-refractivity contribution < 1.29 is 18.0 Å². The van der Waals surface area contributed by atoms with Crippen LogP contribution in [0.4, 0.5) is 5.69 Å². The van der Waals surface area contributed by atoms with E-state index in [4.69, 9.17) is 0 Å². The summed E-state index contributed by atoms with van der Waals surface area (Å²) >= 11 is 1.42. The van der Waals surface area contributed by atoms with Crippen molar-refractivity contribution in [2.45, 2.75) is 41.9 Å². The zero-order valence-electron chi connectivity index (χ0n) is 16.2. The SMILES string of the molecule is CC(=O)Nc1ccc(SC(C)C(=O)NC(C)c2ccc(S(C)(=O)=O)cc2)cc1. The maximum atomic E-state index is 12.5. The number of benzene rings is 2. The van der Waals surface area contributed by atoms with Crippen LogP contribution in [0.25, 0.3) is 0 Å². The minimum Gasteiger partial charge on any atom is -0.349 e. The minimum atomic E-state index is -3.24. The average Bonchev–Trinajstić information content (AvgIpc) is 2.62. The second-order valence-electron chi connectivity index (χ2n) is 6.54. The average molecular weight is 421 g/mol. The van der Waals surface area contributed by atoms with Crippen LogP contribution in [0.15, 0.2) is 58.3 Å². The Bertz CT molecular complexity index is 939. The standard InChI is InChI=1S/C20H24N2O4S2/c1-13(16-5-11-19(12-6-16)28(4,25)26)21-20(24)14(2)27-18-9-7-17(8-10-18)22-15(3)23/h5-14H,1-4H3,(H,21,24)(H,22,23). The summed E-state index contributed by atoms with van der Waals surface area (Å²) < 4.78 is 23.1. The molecule has 0 fully saturated rings. The molecule has 0 aliphatic heterocycles. The summed E-state index contributed by atoms with van der Waals surface area (Å²) in [5.74, 6) is -0.248. The lowest BCUT2D eigenvalue weighted by molar-refractivity contribution is -0.121. The van der Waals surface area contributed by atoms with Crippen molar-refractivity contribution in [3.8, 4) is 0 Å². The fourth-order valence-corrected chi connectivity index (χ4v) is 4.00. The number of thioether (sulfide) groups is 1. The Morgan fingerprint density at radius 1 is 0.964 bits per heavy atom. The number of rotatable bonds is 7. The third-order valence-electron chi connectivity index (χ3n) is 4.02. The van der Waals surface area contributed by atoms with Crippen molar-refractivity contribution in [2.75, 3.05) is 11.6 Å². The Hall–Kier alpha value is -2.32. The Kier molecular flexibility index (Phi) is 7.26. The molecule has 2 rings (SSSR count). The van der Waals surface area contributed by atoms with Crippen LogP contribution >= 0.6 is 11.8 Å². The van der Waals surface area contributed by atoms with Gasteiger partial charge in [-0.2, -0.15) is 0 Å². The van der Waals surface area contributed by atoms with Gasteiger partial charge in [0.2, 0.25) is 11.8 Å². The first-order valence-corrected chi connectivity index (χ1v) is 11.5. The van der Waals surface area contributed by atoms with Crippen molar-refractivity contribution in [1.82, 2.24) is 5.32 Å². The first-order valence-electron chi connectivity index (χ1n) is 8.71. The molecular formula is C20H24N2O4S2. The molecule has 0 aliphatic carbocycles. The lowest BCUT2D eigenvalue weighted by Gasteiger charge is -2.18. The molecule has 0 saturated carbocycles. The molecule has 0 aromatic heterocycles. The van der Waals surface area contributed by atoms with E-state index in [1.54, 1.807) is 36.4 Å². The Balaban J connectivity index is 1.95. The quantitative estimate of drug-likeness (QED) is 0.670. The van der Waals surface area contributed by atoms with Crippen molar-refractivity contribution >= 4 is 39.1 Å². The van der Waals surface area contributed by atoms with Gasteiger partial charge in [-0.25, -0.2) is 8.42 Å². The third-order valence-corrected chi connectivity index (χ3v) is 6.26. The lowest BCUT2D eigenvalue weighted by Crippen LogP contribution is -2.33. The molecule has 0 aliphatic rings. The van der Waals surface area contributed by atoms with Gasteiger partial charge in [-0.05, 0) is 55.8 Å². The summed E-state index contributed by atoms with van der Waals surface area (Å²) in [6.45, 7) is 5.12. The molecule has 150 valence electrons. The first kappa shape index (κ1) is 22.0. The molecule has 2 amide bonds. The Morgan fingerprint density at radius 2 is 1.54 bits per heavy atom. The van der Waals surface area contributed by atoms with Gasteiger partial charge in [0.05, 0.1) is 16.2 Å². The number of amides is 2. The van der Waals surface area contributed by atoms with Crippen molar-refractivity contribution in [3.05, 3.63) is 54.1 Å². The van der Waals surface area contributed by atoms with Crippen LogP contribution in [0.2, 0.25) is 0 Å². The number of carbonyl (C=O) groups excluding carboxylic acids is 2. The molecule has 0 bridgehead atoms. The zero-order chi connectivity index (χ0) is 20.9. The van der Waals surface area contributed by atoms with E-state index in [2.05, 4.69) is 10.6 Å². The molecule has 2 aromatic carbocycles. The minimum absolute atomic E-state index is 0.115. The highest BCUT2D eigenvalue weighted by molar-refractivity contribution is 8.00. The maximum absolute atomic E-state index is 12.5. The topological polar surface area (TPSA) is 92.3 Å². The van der Waals surface area contributed by atoms with Crippen LogP contribution in [-0.4, -0.2) is 31.7 Å². The summed E-state index contributed by atoms with van der Waals surface area (Å²) in [4.78, 5) is 24.7. The van der Waals surface area contributed by atoms with Crippen molar-refractivity contribution in [2.24, 2.45) is 0 Å². The summed E-state index contributed by atoms with van der Waals surface area (Å²) in [6, 6.07) is 13.6. The van der Waals surface area contributed by atoms with Crippen LogP contribution in [0, 0.1) is 0 Å². The second-order valence-corrected chi connectivity index (χ2v) is 9.97. The van der Waals surface area contributed by atoms with Gasteiger partial charge in [-0.1, -0.05) is 12.1 Å². The smallest absolute Gasteiger partial charge is 0.233 e. The van der Waals surface area contributed by atoms with Gasteiger partial charge in [0.25, 0.3) is 0 Å². The van der Waals surface area contributed by atoms with Gasteiger partial charge in [0, 0.05) is 23.8 Å². The first-order chi connectivity index (χ1) is 13.1. The summed E-state index contributed by atoms with van der Waals surface area (Å²) in [5.41, 5.74) is 1.54. The van der Waals surface area contributed by atoms with E-state index in [0.29, 0.717) is 5.69 Å². The molecular weight excluding hydrogens is 396 g/mol. The fourth-order valence-electron chi connectivity index (χ4n) is 2.50. The number of sulfone groups is 1. The molecule has 8 heteroatoms. The van der Waals surface area contributed by atoms with Crippen LogP contribution in [0.1, 0.15) is 32.4 Å². The molecule has 0 spiro atoms. The predicted molar refractivity (Wildman–Crippen MR) is 112 cm³/mol. The highest BCUT2D eigenvalue weighted by Crippen LogP contribution is 2.25. The van der Waals surface area contributed by atoms with E-state index in [1.807, 2.05) is 26.0 Å². The molecule has 2 N–H and O–H groups in total. The highest BCUT2D eigenvalue weighted by Gasteiger charge is 2.18.